The van der Waals surface area contributed by atoms with Gasteiger partial charge in [-0.05, 0) is 38.0 Å². The van der Waals surface area contributed by atoms with E-state index < -0.39 is 13.0 Å². The molecule has 0 aromatic carbocycles. The van der Waals surface area contributed by atoms with Crippen LogP contribution in [0.25, 0.3) is 27.9 Å². The van der Waals surface area contributed by atoms with Gasteiger partial charge in [0.05, 0.1) is 31.5 Å². The summed E-state index contributed by atoms with van der Waals surface area (Å²) in [6, 6.07) is 6.46. The topological polar surface area (TPSA) is 97.4 Å². The molecule has 2 aliphatic heterocycles. The van der Waals surface area contributed by atoms with Crippen molar-refractivity contribution in [1.29, 1.82) is 0 Å². The van der Waals surface area contributed by atoms with E-state index in [9.17, 15) is 8.78 Å². The zero-order chi connectivity index (χ0) is 24.8. The van der Waals surface area contributed by atoms with Gasteiger partial charge in [0.2, 0.25) is 5.95 Å². The fourth-order valence-electron chi connectivity index (χ4n) is 5.11. The monoisotopic (exact) mass is 497 g/mol. The molecule has 0 amide bonds. The van der Waals surface area contributed by atoms with E-state index in [2.05, 4.69) is 20.5 Å². The van der Waals surface area contributed by atoms with Crippen molar-refractivity contribution in [3.8, 4) is 11.3 Å². The first-order valence-electron chi connectivity index (χ1n) is 12.3. The Morgan fingerprint density at radius 1 is 1.11 bits per heavy atom. The number of piperidine rings is 1. The maximum absolute atomic E-state index is 13.1. The Hall–Kier alpha value is -3.38. The minimum absolute atomic E-state index is 0.307. The zero-order valence-corrected chi connectivity index (χ0v) is 20.3. The Morgan fingerprint density at radius 3 is 2.61 bits per heavy atom. The normalized spacial score (nSPS) is 17.8. The van der Waals surface area contributed by atoms with Gasteiger partial charge in [-0.25, -0.2) is 23.3 Å². The molecule has 0 unspecified atom stereocenters. The molecule has 0 spiro atoms. The van der Waals surface area contributed by atoms with Crippen LogP contribution in [0.2, 0.25) is 0 Å². The van der Waals surface area contributed by atoms with Gasteiger partial charge in [-0.15, -0.1) is 5.10 Å². The Balaban J connectivity index is 1.28. The van der Waals surface area contributed by atoms with Gasteiger partial charge in [-0.3, -0.25) is 4.90 Å². The average molecular weight is 498 g/mol. The van der Waals surface area contributed by atoms with Crippen molar-refractivity contribution in [2.24, 2.45) is 0 Å². The fourth-order valence-corrected chi connectivity index (χ4v) is 5.11. The summed E-state index contributed by atoms with van der Waals surface area (Å²) in [6.45, 7) is 5.03. The summed E-state index contributed by atoms with van der Waals surface area (Å²) in [5.41, 5.74) is 3.26. The number of nitrogens with one attached hydrogen (secondary N) is 2. The van der Waals surface area contributed by atoms with Crippen LogP contribution in [-0.2, 0) is 11.3 Å². The number of hydrogen-bond acceptors (Lipinski definition) is 8. The maximum Gasteiger partial charge on any atom is 0.256 e. The molecule has 10 nitrogen and oxygen atoms in total. The van der Waals surface area contributed by atoms with Crippen LogP contribution in [0.15, 0.2) is 24.4 Å². The molecule has 2 fully saturated rings. The molecule has 0 atom stereocenters. The predicted molar refractivity (Wildman–Crippen MR) is 133 cm³/mol. The Kier molecular flexibility index (Phi) is 5.92. The van der Waals surface area contributed by atoms with Crippen molar-refractivity contribution < 1.29 is 13.5 Å². The lowest BCUT2D eigenvalue weighted by Gasteiger charge is -2.41. The number of nitrogens with zero attached hydrogens (tertiary/aromatic N) is 7. The third-order valence-electron chi connectivity index (χ3n) is 7.13. The highest BCUT2D eigenvalue weighted by atomic mass is 19.3. The number of anilines is 2. The molecule has 190 valence electrons. The van der Waals surface area contributed by atoms with Crippen LogP contribution in [0.3, 0.4) is 0 Å². The van der Waals surface area contributed by atoms with Crippen LogP contribution >= 0.6 is 0 Å². The highest BCUT2D eigenvalue weighted by molar-refractivity contribution is 5.89. The standard InChI is InChI=1S/C24H29F2N9O/c1-14-28-19-4-3-18(30-23(19)34(14)11-20(25)26)17-7-10-35-21(17)22(27-2)31-24(32-35)29-15-5-8-33(9-6-15)16-12-36-13-16/h3-4,7,10,15-16,20H,5-6,8-9,11-13H2,1-2H3,(H2,27,29,31,32). The van der Waals surface area contributed by atoms with Gasteiger partial charge >= 0.3 is 0 Å². The molecule has 6 heterocycles. The fraction of sp³-hybridized carbons (Fsp3) is 0.500. The number of fused-ring (bicyclic) bond motifs is 2. The number of likely N-dealkylation sites (tertiary alicyclic amines) is 1. The van der Waals surface area contributed by atoms with Gasteiger partial charge in [-0.2, -0.15) is 4.98 Å². The number of aromatic nitrogens is 6. The van der Waals surface area contributed by atoms with E-state index in [1.165, 1.54) is 4.57 Å². The predicted octanol–water partition coefficient (Wildman–Crippen LogP) is 3.03. The van der Waals surface area contributed by atoms with E-state index in [1.54, 1.807) is 11.4 Å². The molecular weight excluding hydrogens is 468 g/mol. The Morgan fingerprint density at radius 2 is 1.92 bits per heavy atom. The number of pyridine rings is 1. The number of hydrogen-bond donors (Lipinski definition) is 2. The van der Waals surface area contributed by atoms with Gasteiger partial charge in [0.25, 0.3) is 6.43 Å². The quantitative estimate of drug-likeness (QED) is 0.402. The molecule has 0 saturated carbocycles. The number of imidazole rings is 1. The van der Waals surface area contributed by atoms with E-state index in [4.69, 9.17) is 19.8 Å². The lowest BCUT2D eigenvalue weighted by atomic mass is 10.0. The first-order valence-corrected chi connectivity index (χ1v) is 12.3. The molecule has 4 aromatic heterocycles. The summed E-state index contributed by atoms with van der Waals surface area (Å²) in [4.78, 5) is 16.3. The minimum Gasteiger partial charge on any atom is -0.378 e. The number of rotatable bonds is 7. The third-order valence-corrected chi connectivity index (χ3v) is 7.13. The van der Waals surface area contributed by atoms with Crippen molar-refractivity contribution in [2.45, 2.75) is 44.8 Å². The van der Waals surface area contributed by atoms with Crippen LogP contribution in [0.1, 0.15) is 18.7 Å². The highest BCUT2D eigenvalue weighted by Crippen LogP contribution is 2.31. The lowest BCUT2D eigenvalue weighted by molar-refractivity contribution is -0.0705. The van der Waals surface area contributed by atoms with E-state index in [1.807, 2.05) is 31.4 Å². The van der Waals surface area contributed by atoms with Crippen molar-refractivity contribution in [3.05, 3.63) is 30.2 Å². The molecule has 12 heteroatoms. The summed E-state index contributed by atoms with van der Waals surface area (Å²) >= 11 is 0. The van der Waals surface area contributed by atoms with Crippen LogP contribution in [0.4, 0.5) is 20.5 Å². The van der Waals surface area contributed by atoms with Crippen molar-refractivity contribution in [1.82, 2.24) is 34.0 Å². The van der Waals surface area contributed by atoms with Crippen molar-refractivity contribution >= 4 is 28.4 Å². The second-order valence-electron chi connectivity index (χ2n) is 9.40. The van der Waals surface area contributed by atoms with E-state index >= 15 is 0 Å². The molecule has 2 aliphatic rings. The van der Waals surface area contributed by atoms with Crippen LogP contribution in [0, 0.1) is 6.92 Å². The smallest absolute Gasteiger partial charge is 0.256 e. The Bertz CT molecular complexity index is 1390. The second-order valence-corrected chi connectivity index (χ2v) is 9.40. The summed E-state index contributed by atoms with van der Waals surface area (Å²) in [7, 11) is 1.82. The molecule has 2 saturated heterocycles. The summed E-state index contributed by atoms with van der Waals surface area (Å²) in [5.74, 6) is 1.74. The number of aryl methyl sites for hydroxylation is 1. The summed E-state index contributed by atoms with van der Waals surface area (Å²) < 4.78 is 34.9. The molecule has 0 radical (unpaired) electrons. The summed E-state index contributed by atoms with van der Waals surface area (Å²) in [5, 5.41) is 11.4. The van der Waals surface area contributed by atoms with Gasteiger partial charge in [-0.1, -0.05) is 0 Å². The molecule has 6 rings (SSSR count). The highest BCUT2D eigenvalue weighted by Gasteiger charge is 2.30. The van der Waals surface area contributed by atoms with Crippen LogP contribution < -0.4 is 10.6 Å². The van der Waals surface area contributed by atoms with E-state index in [-0.39, 0.29) is 0 Å². The number of ether oxygens (including phenoxy) is 1. The SMILES string of the molecule is CNc1nc(NC2CCN(C3COC3)CC2)nn2ccc(-c3ccc4nc(C)n(CC(F)F)c4n3)c12. The molecule has 0 aliphatic carbocycles. The van der Waals surface area contributed by atoms with Crippen molar-refractivity contribution in [3.63, 3.8) is 0 Å². The molecular formula is C24H29F2N9O. The van der Waals surface area contributed by atoms with Gasteiger partial charge in [0, 0.05) is 37.9 Å². The van der Waals surface area contributed by atoms with E-state index in [0.717, 1.165) is 50.2 Å². The first kappa shape index (κ1) is 23.0. The second kappa shape index (κ2) is 9.25. The number of halogens is 2. The average Bonchev–Trinajstić information content (AvgIpc) is 3.39. The van der Waals surface area contributed by atoms with Crippen LogP contribution in [0.5, 0.6) is 0 Å². The number of alkyl halides is 2. The molecule has 4 aromatic rings. The van der Waals surface area contributed by atoms with Gasteiger partial charge in [0.1, 0.15) is 16.9 Å². The minimum atomic E-state index is -2.49. The Labute approximate surface area is 206 Å². The van der Waals surface area contributed by atoms with E-state index in [0.29, 0.717) is 46.5 Å². The molecule has 36 heavy (non-hydrogen) atoms. The van der Waals surface area contributed by atoms with Gasteiger partial charge < -0.3 is 19.9 Å². The van der Waals surface area contributed by atoms with Gasteiger partial charge in [0.15, 0.2) is 11.5 Å². The first-order chi connectivity index (χ1) is 17.5. The molecule has 2 N–H and O–H groups in total. The molecule has 0 bridgehead atoms. The van der Waals surface area contributed by atoms with Crippen molar-refractivity contribution in [2.75, 3.05) is 44.0 Å². The maximum atomic E-state index is 13.1. The third kappa shape index (κ3) is 4.13. The lowest BCUT2D eigenvalue weighted by Crippen LogP contribution is -2.53. The summed E-state index contributed by atoms with van der Waals surface area (Å²) in [6.07, 6.45) is 1.43. The zero-order valence-electron chi connectivity index (χ0n) is 20.3. The largest absolute Gasteiger partial charge is 0.378 e. The van der Waals surface area contributed by atoms with Crippen LogP contribution in [-0.4, -0.2) is 85.9 Å².